The van der Waals surface area contributed by atoms with Gasteiger partial charge in [0.1, 0.15) is 0 Å². The lowest BCUT2D eigenvalue weighted by Gasteiger charge is -2.22. The molecule has 1 aliphatic carbocycles. The fourth-order valence-electron chi connectivity index (χ4n) is 2.36. The maximum atomic E-state index is 12.7. The van der Waals surface area contributed by atoms with E-state index in [4.69, 9.17) is 0 Å². The Morgan fingerprint density at radius 2 is 2.00 bits per heavy atom. The second-order valence-electron chi connectivity index (χ2n) is 5.33. The van der Waals surface area contributed by atoms with Crippen LogP contribution in [0.25, 0.3) is 0 Å². The first-order valence-corrected chi connectivity index (χ1v) is 7.09. The first-order valence-electron chi connectivity index (χ1n) is 7.09. The number of aromatic nitrogens is 1. The van der Waals surface area contributed by atoms with Crippen LogP contribution in [0, 0.1) is 10.1 Å². The Morgan fingerprint density at radius 1 is 1.27 bits per heavy atom. The summed E-state index contributed by atoms with van der Waals surface area (Å²) in [5.41, 5.74) is 1.29. The van der Waals surface area contributed by atoms with Gasteiger partial charge in [0.25, 0.3) is 11.6 Å². The molecule has 0 bridgehead atoms. The van der Waals surface area contributed by atoms with Crippen LogP contribution in [0.2, 0.25) is 0 Å². The molecule has 1 heterocycles. The Kier molecular flexibility index (Phi) is 3.82. The van der Waals surface area contributed by atoms with Crippen LogP contribution in [0.3, 0.4) is 0 Å². The third kappa shape index (κ3) is 3.11. The molecule has 6 heteroatoms. The van der Waals surface area contributed by atoms with Crippen molar-refractivity contribution in [2.75, 3.05) is 0 Å². The SMILES string of the molecule is O=C(c1cccc([N+](=O)[O-])c1)N(Cc1ccncc1)C1CC1. The Labute approximate surface area is 127 Å². The van der Waals surface area contributed by atoms with Crippen molar-refractivity contribution in [1.29, 1.82) is 0 Å². The van der Waals surface area contributed by atoms with Crippen molar-refractivity contribution in [1.82, 2.24) is 9.88 Å². The zero-order valence-corrected chi connectivity index (χ0v) is 11.9. The molecule has 2 aromatic rings. The number of carbonyl (C=O) groups is 1. The zero-order chi connectivity index (χ0) is 15.5. The van der Waals surface area contributed by atoms with Crippen molar-refractivity contribution in [2.45, 2.75) is 25.4 Å². The molecular weight excluding hydrogens is 282 g/mol. The summed E-state index contributed by atoms with van der Waals surface area (Å²) in [6.45, 7) is 0.495. The molecule has 0 unspecified atom stereocenters. The minimum atomic E-state index is -0.485. The number of amides is 1. The standard InChI is InChI=1S/C16H15N3O3/c20-16(13-2-1-3-15(10-13)19(21)22)18(14-4-5-14)11-12-6-8-17-9-7-12/h1-3,6-10,14H,4-5,11H2. The van der Waals surface area contributed by atoms with Crippen molar-refractivity contribution in [3.05, 3.63) is 70.0 Å². The van der Waals surface area contributed by atoms with Gasteiger partial charge in [-0.3, -0.25) is 19.9 Å². The molecule has 6 nitrogen and oxygen atoms in total. The molecule has 1 fully saturated rings. The van der Waals surface area contributed by atoms with E-state index in [0.29, 0.717) is 12.1 Å². The molecule has 0 spiro atoms. The summed E-state index contributed by atoms with van der Waals surface area (Å²) in [6, 6.07) is 9.86. The summed E-state index contributed by atoms with van der Waals surface area (Å²) in [4.78, 5) is 28.8. The number of carbonyl (C=O) groups excluding carboxylic acids is 1. The van der Waals surface area contributed by atoms with Crippen LogP contribution < -0.4 is 0 Å². The normalized spacial score (nSPS) is 13.6. The summed E-state index contributed by atoms with van der Waals surface area (Å²) in [5, 5.41) is 10.9. The predicted molar refractivity (Wildman–Crippen MR) is 80.2 cm³/mol. The average molecular weight is 297 g/mol. The lowest BCUT2D eigenvalue weighted by Crippen LogP contribution is -2.32. The molecule has 1 aromatic carbocycles. The van der Waals surface area contributed by atoms with Gasteiger partial charge in [-0.25, -0.2) is 0 Å². The van der Waals surface area contributed by atoms with Gasteiger partial charge in [0.05, 0.1) is 4.92 Å². The predicted octanol–water partition coefficient (Wildman–Crippen LogP) is 2.79. The lowest BCUT2D eigenvalue weighted by atomic mass is 10.1. The third-order valence-corrected chi connectivity index (χ3v) is 3.65. The molecule has 0 radical (unpaired) electrons. The minimum Gasteiger partial charge on any atom is -0.331 e. The molecule has 1 saturated carbocycles. The zero-order valence-electron chi connectivity index (χ0n) is 11.9. The highest BCUT2D eigenvalue weighted by Gasteiger charge is 2.33. The van der Waals surface area contributed by atoms with Crippen LogP contribution in [-0.2, 0) is 6.54 Å². The monoisotopic (exact) mass is 297 g/mol. The molecule has 22 heavy (non-hydrogen) atoms. The number of nitrogens with zero attached hydrogens (tertiary/aromatic N) is 3. The highest BCUT2D eigenvalue weighted by molar-refractivity contribution is 5.95. The summed E-state index contributed by atoms with van der Waals surface area (Å²) < 4.78 is 0. The Bertz CT molecular complexity index is 699. The van der Waals surface area contributed by atoms with E-state index < -0.39 is 4.92 Å². The molecule has 0 aliphatic heterocycles. The van der Waals surface area contributed by atoms with Crippen LogP contribution in [-0.4, -0.2) is 26.8 Å². The Hall–Kier alpha value is -2.76. The molecule has 0 N–H and O–H groups in total. The molecular formula is C16H15N3O3. The van der Waals surface area contributed by atoms with Gasteiger partial charge < -0.3 is 4.90 Å². The lowest BCUT2D eigenvalue weighted by molar-refractivity contribution is -0.384. The molecule has 1 amide bonds. The number of pyridine rings is 1. The minimum absolute atomic E-state index is 0.0643. The molecule has 0 atom stereocenters. The number of benzene rings is 1. The van der Waals surface area contributed by atoms with Crippen molar-refractivity contribution < 1.29 is 9.72 Å². The number of non-ortho nitro benzene ring substituents is 1. The van der Waals surface area contributed by atoms with E-state index in [0.717, 1.165) is 18.4 Å². The fraction of sp³-hybridized carbons (Fsp3) is 0.250. The number of rotatable bonds is 5. The van der Waals surface area contributed by atoms with Gasteiger partial charge in [0, 0.05) is 42.7 Å². The van der Waals surface area contributed by atoms with E-state index >= 15 is 0 Å². The topological polar surface area (TPSA) is 76.3 Å². The smallest absolute Gasteiger partial charge is 0.270 e. The van der Waals surface area contributed by atoms with Gasteiger partial charge in [0.15, 0.2) is 0 Å². The molecule has 0 saturated heterocycles. The van der Waals surface area contributed by atoms with E-state index in [1.165, 1.54) is 12.1 Å². The van der Waals surface area contributed by atoms with Gasteiger partial charge in [-0.2, -0.15) is 0 Å². The van der Waals surface area contributed by atoms with Crippen molar-refractivity contribution in [3.63, 3.8) is 0 Å². The maximum absolute atomic E-state index is 12.7. The van der Waals surface area contributed by atoms with Crippen LogP contribution >= 0.6 is 0 Å². The van der Waals surface area contributed by atoms with Gasteiger partial charge in [-0.1, -0.05) is 6.07 Å². The maximum Gasteiger partial charge on any atom is 0.270 e. The Morgan fingerprint density at radius 3 is 2.64 bits per heavy atom. The Balaban J connectivity index is 1.84. The highest BCUT2D eigenvalue weighted by atomic mass is 16.6. The van der Waals surface area contributed by atoms with Gasteiger partial charge >= 0.3 is 0 Å². The van der Waals surface area contributed by atoms with E-state index in [1.54, 1.807) is 29.4 Å². The molecule has 112 valence electrons. The number of nitro groups is 1. The third-order valence-electron chi connectivity index (χ3n) is 3.65. The van der Waals surface area contributed by atoms with Crippen LogP contribution in [0.4, 0.5) is 5.69 Å². The fourth-order valence-corrected chi connectivity index (χ4v) is 2.36. The van der Waals surface area contributed by atoms with Crippen LogP contribution in [0.5, 0.6) is 0 Å². The second kappa shape index (κ2) is 5.93. The summed E-state index contributed by atoms with van der Waals surface area (Å²) in [7, 11) is 0. The second-order valence-corrected chi connectivity index (χ2v) is 5.33. The van der Waals surface area contributed by atoms with E-state index in [-0.39, 0.29) is 17.6 Å². The summed E-state index contributed by atoms with van der Waals surface area (Å²) in [5.74, 6) is -0.164. The van der Waals surface area contributed by atoms with E-state index in [9.17, 15) is 14.9 Å². The molecule has 3 rings (SSSR count). The van der Waals surface area contributed by atoms with Crippen LogP contribution in [0.1, 0.15) is 28.8 Å². The highest BCUT2D eigenvalue weighted by Crippen LogP contribution is 2.30. The molecule has 1 aliphatic rings. The van der Waals surface area contributed by atoms with Gasteiger partial charge in [-0.15, -0.1) is 0 Å². The number of hydrogen-bond donors (Lipinski definition) is 0. The number of hydrogen-bond acceptors (Lipinski definition) is 4. The van der Waals surface area contributed by atoms with E-state index in [2.05, 4.69) is 4.98 Å². The van der Waals surface area contributed by atoms with Crippen molar-refractivity contribution in [2.24, 2.45) is 0 Å². The molecule has 1 aromatic heterocycles. The first kappa shape index (κ1) is 14.2. The van der Waals surface area contributed by atoms with Gasteiger partial charge in [0.2, 0.25) is 0 Å². The number of nitro benzene ring substituents is 1. The van der Waals surface area contributed by atoms with Gasteiger partial charge in [-0.05, 0) is 36.6 Å². The quantitative estimate of drug-likeness (QED) is 0.628. The average Bonchev–Trinajstić information content (AvgIpc) is 3.38. The van der Waals surface area contributed by atoms with Crippen molar-refractivity contribution >= 4 is 11.6 Å². The van der Waals surface area contributed by atoms with E-state index in [1.807, 2.05) is 12.1 Å². The van der Waals surface area contributed by atoms with Crippen molar-refractivity contribution in [3.8, 4) is 0 Å². The summed E-state index contributed by atoms with van der Waals surface area (Å²) >= 11 is 0. The van der Waals surface area contributed by atoms with Crippen LogP contribution in [0.15, 0.2) is 48.8 Å². The first-order chi connectivity index (χ1) is 10.6. The largest absolute Gasteiger partial charge is 0.331 e. The summed E-state index contributed by atoms with van der Waals surface area (Å²) in [6.07, 6.45) is 5.34.